The van der Waals surface area contributed by atoms with Crippen LogP contribution in [0.5, 0.6) is 0 Å². The number of carbonyl (C=O) groups excluding carboxylic acids is 1. The summed E-state index contributed by atoms with van der Waals surface area (Å²) >= 11 is 0. The molecule has 1 saturated carbocycles. The van der Waals surface area contributed by atoms with E-state index in [4.69, 9.17) is 5.73 Å². The molecule has 0 heterocycles. The van der Waals surface area contributed by atoms with Crippen molar-refractivity contribution in [1.82, 2.24) is 5.32 Å². The topological polar surface area (TPSA) is 55.1 Å². The Bertz CT molecular complexity index is 212. The van der Waals surface area contributed by atoms with Crippen LogP contribution in [-0.2, 0) is 4.79 Å². The van der Waals surface area contributed by atoms with Crippen LogP contribution in [0.2, 0.25) is 0 Å². The minimum absolute atomic E-state index is 0.159. The van der Waals surface area contributed by atoms with Gasteiger partial charge in [0, 0.05) is 12.5 Å². The summed E-state index contributed by atoms with van der Waals surface area (Å²) in [6, 6.07) is 0.321. The summed E-state index contributed by atoms with van der Waals surface area (Å²) < 4.78 is 0. The van der Waals surface area contributed by atoms with Gasteiger partial charge >= 0.3 is 0 Å². The van der Waals surface area contributed by atoms with Crippen LogP contribution in [-0.4, -0.2) is 18.5 Å². The molecule has 1 fully saturated rings. The molecule has 0 spiro atoms. The van der Waals surface area contributed by atoms with E-state index in [1.807, 2.05) is 0 Å². The van der Waals surface area contributed by atoms with E-state index in [9.17, 15) is 4.79 Å². The van der Waals surface area contributed by atoms with Gasteiger partial charge in [0.1, 0.15) is 0 Å². The Kier molecular flexibility index (Phi) is 7.25. The Morgan fingerprint density at radius 2 is 2.06 bits per heavy atom. The largest absolute Gasteiger partial charge is 0.354 e. The van der Waals surface area contributed by atoms with Crippen LogP contribution in [0.3, 0.4) is 0 Å². The van der Waals surface area contributed by atoms with Gasteiger partial charge in [0.25, 0.3) is 0 Å². The fourth-order valence-corrected chi connectivity index (χ4v) is 2.64. The van der Waals surface area contributed by atoms with Crippen molar-refractivity contribution < 1.29 is 4.79 Å². The molecule has 1 rings (SSSR count). The summed E-state index contributed by atoms with van der Waals surface area (Å²) in [6.45, 7) is 2.72. The van der Waals surface area contributed by atoms with Crippen molar-refractivity contribution >= 4 is 5.91 Å². The normalized spacial score (nSPS) is 18.9. The summed E-state index contributed by atoms with van der Waals surface area (Å²) in [5.74, 6) is 1.07. The minimum Gasteiger partial charge on any atom is -0.354 e. The molecular weight excluding hydrogens is 212 g/mol. The van der Waals surface area contributed by atoms with Gasteiger partial charge in [0.2, 0.25) is 5.91 Å². The summed E-state index contributed by atoms with van der Waals surface area (Å²) in [4.78, 5) is 11.5. The van der Waals surface area contributed by atoms with Gasteiger partial charge in [-0.2, -0.15) is 0 Å². The highest BCUT2D eigenvalue weighted by atomic mass is 16.1. The van der Waals surface area contributed by atoms with E-state index in [1.54, 1.807) is 0 Å². The third-order valence-electron chi connectivity index (χ3n) is 3.75. The predicted molar refractivity (Wildman–Crippen MR) is 71.7 cm³/mol. The molecule has 3 N–H and O–H groups in total. The Balaban J connectivity index is 2.07. The van der Waals surface area contributed by atoms with Gasteiger partial charge < -0.3 is 11.1 Å². The van der Waals surface area contributed by atoms with E-state index in [0.717, 1.165) is 18.8 Å². The highest BCUT2D eigenvalue weighted by Gasteiger charge is 2.15. The van der Waals surface area contributed by atoms with Crippen molar-refractivity contribution in [2.24, 2.45) is 11.7 Å². The highest BCUT2D eigenvalue weighted by molar-refractivity contribution is 5.76. The number of rotatable bonds is 7. The second kappa shape index (κ2) is 8.51. The molecule has 0 radical (unpaired) electrons. The number of hydrogen-bond donors (Lipinski definition) is 2. The smallest absolute Gasteiger partial charge is 0.220 e. The monoisotopic (exact) mass is 240 g/mol. The van der Waals surface area contributed by atoms with Crippen LogP contribution in [0.1, 0.15) is 64.7 Å². The molecule has 1 aliphatic carbocycles. The average Bonchev–Trinajstić information content (AvgIpc) is 2.35. The summed E-state index contributed by atoms with van der Waals surface area (Å²) in [6.07, 6.45) is 10.8. The first-order valence-corrected chi connectivity index (χ1v) is 7.21. The van der Waals surface area contributed by atoms with Crippen molar-refractivity contribution in [3.63, 3.8) is 0 Å². The second-order valence-electron chi connectivity index (χ2n) is 5.44. The van der Waals surface area contributed by atoms with Crippen molar-refractivity contribution in [2.45, 2.75) is 70.8 Å². The Morgan fingerprint density at radius 1 is 1.35 bits per heavy atom. The lowest BCUT2D eigenvalue weighted by Gasteiger charge is -2.23. The maximum Gasteiger partial charge on any atom is 0.220 e. The maximum atomic E-state index is 11.5. The van der Waals surface area contributed by atoms with E-state index in [1.165, 1.54) is 38.5 Å². The lowest BCUT2D eigenvalue weighted by molar-refractivity contribution is -0.121. The van der Waals surface area contributed by atoms with Gasteiger partial charge in [-0.1, -0.05) is 32.1 Å². The molecular formula is C14H28N2O. The van der Waals surface area contributed by atoms with E-state index >= 15 is 0 Å². The molecule has 0 aromatic rings. The first kappa shape index (κ1) is 14.5. The maximum absolute atomic E-state index is 11.5. The van der Waals surface area contributed by atoms with Crippen LogP contribution in [0.4, 0.5) is 0 Å². The van der Waals surface area contributed by atoms with Crippen molar-refractivity contribution in [1.29, 1.82) is 0 Å². The van der Waals surface area contributed by atoms with Gasteiger partial charge in [0.05, 0.1) is 0 Å². The van der Waals surface area contributed by atoms with Gasteiger partial charge in [-0.15, -0.1) is 0 Å². The molecule has 0 saturated heterocycles. The molecule has 0 aliphatic heterocycles. The number of hydrogen-bond acceptors (Lipinski definition) is 2. The zero-order valence-corrected chi connectivity index (χ0v) is 11.2. The van der Waals surface area contributed by atoms with Crippen LogP contribution in [0, 0.1) is 5.92 Å². The third kappa shape index (κ3) is 6.67. The van der Waals surface area contributed by atoms with Crippen molar-refractivity contribution in [3.8, 4) is 0 Å². The first-order chi connectivity index (χ1) is 8.22. The number of carbonyl (C=O) groups is 1. The zero-order chi connectivity index (χ0) is 12.5. The molecule has 3 nitrogen and oxygen atoms in total. The highest BCUT2D eigenvalue weighted by Crippen LogP contribution is 2.27. The molecule has 3 heteroatoms. The summed E-state index contributed by atoms with van der Waals surface area (Å²) in [5.41, 5.74) is 5.38. The SMILES string of the molecule is CC(CCC1CCCCC1)NC(=O)CCCN. The third-order valence-corrected chi connectivity index (χ3v) is 3.75. The average molecular weight is 240 g/mol. The fraction of sp³-hybridized carbons (Fsp3) is 0.929. The van der Waals surface area contributed by atoms with Crippen LogP contribution in [0.15, 0.2) is 0 Å². The molecule has 100 valence electrons. The quantitative estimate of drug-likeness (QED) is 0.718. The Labute approximate surface area is 106 Å². The summed E-state index contributed by atoms with van der Waals surface area (Å²) in [7, 11) is 0. The molecule has 1 atom stereocenters. The predicted octanol–water partition coefficient (Wildman–Crippen LogP) is 2.59. The standard InChI is InChI=1S/C14H28N2O/c1-12(16-14(17)8-5-11-15)9-10-13-6-3-2-4-7-13/h12-13H,2-11,15H2,1H3,(H,16,17). The molecule has 0 bridgehead atoms. The van der Waals surface area contributed by atoms with E-state index in [0.29, 0.717) is 19.0 Å². The van der Waals surface area contributed by atoms with E-state index < -0.39 is 0 Å². The number of nitrogens with one attached hydrogen (secondary N) is 1. The fourth-order valence-electron chi connectivity index (χ4n) is 2.64. The van der Waals surface area contributed by atoms with E-state index in [2.05, 4.69) is 12.2 Å². The molecule has 1 aliphatic rings. The molecule has 0 aromatic heterocycles. The van der Waals surface area contributed by atoms with Gasteiger partial charge in [-0.3, -0.25) is 4.79 Å². The molecule has 0 aromatic carbocycles. The van der Waals surface area contributed by atoms with Gasteiger partial charge in [0.15, 0.2) is 0 Å². The lowest BCUT2D eigenvalue weighted by atomic mass is 9.85. The summed E-state index contributed by atoms with van der Waals surface area (Å²) in [5, 5.41) is 3.06. The second-order valence-corrected chi connectivity index (χ2v) is 5.44. The lowest BCUT2D eigenvalue weighted by Crippen LogP contribution is -2.33. The zero-order valence-electron chi connectivity index (χ0n) is 11.2. The first-order valence-electron chi connectivity index (χ1n) is 7.21. The molecule has 17 heavy (non-hydrogen) atoms. The Morgan fingerprint density at radius 3 is 2.71 bits per heavy atom. The number of nitrogens with two attached hydrogens (primary N) is 1. The van der Waals surface area contributed by atoms with Gasteiger partial charge in [-0.05, 0) is 38.6 Å². The molecule has 1 amide bonds. The molecule has 1 unspecified atom stereocenters. The van der Waals surface area contributed by atoms with E-state index in [-0.39, 0.29) is 5.91 Å². The van der Waals surface area contributed by atoms with Crippen LogP contribution in [0.25, 0.3) is 0 Å². The Hall–Kier alpha value is -0.570. The van der Waals surface area contributed by atoms with Crippen molar-refractivity contribution in [3.05, 3.63) is 0 Å². The van der Waals surface area contributed by atoms with Crippen LogP contribution < -0.4 is 11.1 Å². The van der Waals surface area contributed by atoms with Crippen LogP contribution >= 0.6 is 0 Å². The minimum atomic E-state index is 0.159. The van der Waals surface area contributed by atoms with Crippen molar-refractivity contribution in [2.75, 3.05) is 6.54 Å². The van der Waals surface area contributed by atoms with Gasteiger partial charge in [-0.25, -0.2) is 0 Å². The number of amides is 1.